The fourth-order valence-corrected chi connectivity index (χ4v) is 2.87. The van der Waals surface area contributed by atoms with Gasteiger partial charge < -0.3 is 14.1 Å². The van der Waals surface area contributed by atoms with E-state index in [0.29, 0.717) is 17.9 Å². The van der Waals surface area contributed by atoms with Crippen LogP contribution in [-0.4, -0.2) is 24.5 Å². The van der Waals surface area contributed by atoms with Crippen LogP contribution in [-0.2, 0) is 11.3 Å². The average molecular weight is 329 g/mol. The highest BCUT2D eigenvalue weighted by Crippen LogP contribution is 2.19. The van der Waals surface area contributed by atoms with Gasteiger partial charge in [0.25, 0.3) is 5.91 Å². The third-order valence-corrected chi connectivity index (χ3v) is 4.22. The molecule has 0 radical (unpaired) electrons. The van der Waals surface area contributed by atoms with Crippen LogP contribution in [0, 0.1) is 0 Å². The number of likely N-dealkylation sites (N-methyl/N-ethyl adjacent to an activating group) is 1. The second-order valence-corrected chi connectivity index (χ2v) is 6.10. The molecular formula is C17H15NO4S. The Balaban J connectivity index is 1.63. The summed E-state index contributed by atoms with van der Waals surface area (Å²) in [7, 11) is 1.74. The minimum absolute atomic E-state index is 0.0650. The standard InChI is InChI=1S/C17H15NO4S/c1-18(10-14-3-2-8-23-14)16(19)11-21-13-6-4-12-5-7-17(20)22-15(12)9-13/h2-9H,10-11H2,1H3. The molecule has 0 fully saturated rings. The first kappa shape index (κ1) is 15.3. The summed E-state index contributed by atoms with van der Waals surface area (Å²) in [6.07, 6.45) is 0. The van der Waals surface area contributed by atoms with E-state index < -0.39 is 5.63 Å². The molecule has 3 aromatic rings. The summed E-state index contributed by atoms with van der Waals surface area (Å²) in [5, 5.41) is 2.78. The molecule has 0 saturated carbocycles. The molecule has 0 atom stereocenters. The Kier molecular flexibility index (Phi) is 4.43. The zero-order valence-corrected chi connectivity index (χ0v) is 13.3. The van der Waals surface area contributed by atoms with Crippen molar-refractivity contribution in [3.63, 3.8) is 0 Å². The van der Waals surface area contributed by atoms with E-state index >= 15 is 0 Å². The van der Waals surface area contributed by atoms with Crippen LogP contribution in [0.25, 0.3) is 11.0 Å². The zero-order valence-electron chi connectivity index (χ0n) is 12.5. The number of hydrogen-bond donors (Lipinski definition) is 0. The average Bonchev–Trinajstić information content (AvgIpc) is 3.05. The van der Waals surface area contributed by atoms with Gasteiger partial charge in [-0.1, -0.05) is 6.07 Å². The Hall–Kier alpha value is -2.60. The highest BCUT2D eigenvalue weighted by atomic mass is 32.1. The van der Waals surface area contributed by atoms with E-state index in [9.17, 15) is 9.59 Å². The molecule has 2 heterocycles. The highest BCUT2D eigenvalue weighted by Gasteiger charge is 2.11. The van der Waals surface area contributed by atoms with Gasteiger partial charge in [-0.25, -0.2) is 4.79 Å². The molecule has 0 bridgehead atoms. The van der Waals surface area contributed by atoms with Gasteiger partial charge in [0.05, 0.1) is 6.54 Å². The maximum atomic E-state index is 12.1. The third-order valence-electron chi connectivity index (χ3n) is 3.36. The summed E-state index contributed by atoms with van der Waals surface area (Å²) >= 11 is 1.61. The van der Waals surface area contributed by atoms with Gasteiger partial charge in [0.15, 0.2) is 6.61 Å². The summed E-state index contributed by atoms with van der Waals surface area (Å²) < 4.78 is 10.6. The SMILES string of the molecule is CN(Cc1cccs1)C(=O)COc1ccc2ccc(=O)oc2c1. The van der Waals surface area contributed by atoms with E-state index in [4.69, 9.17) is 9.15 Å². The van der Waals surface area contributed by atoms with Crippen molar-refractivity contribution in [1.29, 1.82) is 0 Å². The molecule has 0 aliphatic carbocycles. The lowest BCUT2D eigenvalue weighted by Crippen LogP contribution is -2.30. The third kappa shape index (κ3) is 3.78. The van der Waals surface area contributed by atoms with Crippen molar-refractivity contribution in [3.05, 3.63) is 63.1 Å². The van der Waals surface area contributed by atoms with Crippen LogP contribution >= 0.6 is 11.3 Å². The number of carbonyl (C=O) groups is 1. The quantitative estimate of drug-likeness (QED) is 0.675. The van der Waals surface area contributed by atoms with Crippen LogP contribution in [0.2, 0.25) is 0 Å². The first-order chi connectivity index (χ1) is 11.1. The lowest BCUT2D eigenvalue weighted by molar-refractivity contribution is -0.132. The maximum Gasteiger partial charge on any atom is 0.336 e. The summed E-state index contributed by atoms with van der Waals surface area (Å²) in [6, 6.07) is 12.1. The fourth-order valence-electron chi connectivity index (χ4n) is 2.11. The molecule has 0 spiro atoms. The van der Waals surface area contributed by atoms with Crippen molar-refractivity contribution < 1.29 is 13.9 Å². The minimum Gasteiger partial charge on any atom is -0.484 e. The smallest absolute Gasteiger partial charge is 0.336 e. The predicted octanol–water partition coefficient (Wildman–Crippen LogP) is 2.89. The molecule has 0 saturated heterocycles. The van der Waals surface area contributed by atoms with Gasteiger partial charge in [0, 0.05) is 29.4 Å². The van der Waals surface area contributed by atoms with Crippen LogP contribution < -0.4 is 10.4 Å². The largest absolute Gasteiger partial charge is 0.484 e. The van der Waals surface area contributed by atoms with Gasteiger partial charge in [0.2, 0.25) is 0 Å². The van der Waals surface area contributed by atoms with Gasteiger partial charge in [-0.3, -0.25) is 4.79 Å². The normalized spacial score (nSPS) is 10.7. The predicted molar refractivity (Wildman–Crippen MR) is 88.8 cm³/mol. The highest BCUT2D eigenvalue weighted by molar-refractivity contribution is 7.09. The van der Waals surface area contributed by atoms with Crippen LogP contribution in [0.15, 0.2) is 57.1 Å². The van der Waals surface area contributed by atoms with Crippen LogP contribution in [0.4, 0.5) is 0 Å². The molecule has 2 aromatic heterocycles. The molecule has 6 heteroatoms. The van der Waals surface area contributed by atoms with Crippen molar-refractivity contribution in [2.75, 3.05) is 13.7 Å². The van der Waals surface area contributed by atoms with Crippen LogP contribution in [0.5, 0.6) is 5.75 Å². The monoisotopic (exact) mass is 329 g/mol. The fraction of sp³-hybridized carbons (Fsp3) is 0.176. The number of hydrogen-bond acceptors (Lipinski definition) is 5. The number of amides is 1. The first-order valence-corrected chi connectivity index (χ1v) is 7.93. The van der Waals surface area contributed by atoms with Crippen LogP contribution in [0.3, 0.4) is 0 Å². The summed E-state index contributed by atoms with van der Waals surface area (Å²) in [5.74, 6) is 0.373. The molecule has 0 aliphatic rings. The second kappa shape index (κ2) is 6.66. The van der Waals surface area contributed by atoms with Crippen molar-refractivity contribution in [1.82, 2.24) is 4.90 Å². The number of thiophene rings is 1. The number of rotatable bonds is 5. The zero-order chi connectivity index (χ0) is 16.2. The van der Waals surface area contributed by atoms with Crippen LogP contribution in [0.1, 0.15) is 4.88 Å². The Bertz CT molecular complexity index is 870. The Morgan fingerprint density at radius 1 is 1.26 bits per heavy atom. The number of benzene rings is 1. The molecule has 5 nitrogen and oxygen atoms in total. The lowest BCUT2D eigenvalue weighted by Gasteiger charge is -2.16. The molecule has 0 aliphatic heterocycles. The van der Waals surface area contributed by atoms with Crippen molar-refractivity contribution in [2.45, 2.75) is 6.54 Å². The van der Waals surface area contributed by atoms with E-state index in [1.54, 1.807) is 47.5 Å². The molecular weight excluding hydrogens is 314 g/mol. The molecule has 23 heavy (non-hydrogen) atoms. The number of ether oxygens (including phenoxy) is 1. The summed E-state index contributed by atoms with van der Waals surface area (Å²) in [6.45, 7) is 0.497. The van der Waals surface area contributed by atoms with Crippen molar-refractivity contribution >= 4 is 28.2 Å². The van der Waals surface area contributed by atoms with Gasteiger partial charge in [-0.15, -0.1) is 11.3 Å². The molecule has 118 valence electrons. The summed E-state index contributed by atoms with van der Waals surface area (Å²) in [5.41, 5.74) is 0.0239. The Morgan fingerprint density at radius 2 is 2.09 bits per heavy atom. The van der Waals surface area contributed by atoms with Crippen molar-refractivity contribution in [3.8, 4) is 5.75 Å². The number of fused-ring (bicyclic) bond motifs is 1. The Morgan fingerprint density at radius 3 is 2.87 bits per heavy atom. The first-order valence-electron chi connectivity index (χ1n) is 7.05. The molecule has 3 rings (SSSR count). The molecule has 1 aromatic carbocycles. The van der Waals surface area contributed by atoms with E-state index in [1.165, 1.54) is 6.07 Å². The van der Waals surface area contributed by atoms with E-state index in [1.807, 2.05) is 17.5 Å². The van der Waals surface area contributed by atoms with E-state index in [0.717, 1.165) is 10.3 Å². The van der Waals surface area contributed by atoms with Gasteiger partial charge in [0.1, 0.15) is 11.3 Å². The van der Waals surface area contributed by atoms with Gasteiger partial charge >= 0.3 is 5.63 Å². The van der Waals surface area contributed by atoms with Gasteiger partial charge in [-0.2, -0.15) is 0 Å². The van der Waals surface area contributed by atoms with Crippen molar-refractivity contribution in [2.24, 2.45) is 0 Å². The minimum atomic E-state index is -0.415. The molecule has 0 N–H and O–H groups in total. The maximum absolute atomic E-state index is 12.1. The van der Waals surface area contributed by atoms with E-state index in [2.05, 4.69) is 0 Å². The summed E-state index contributed by atoms with van der Waals surface area (Å²) in [4.78, 5) is 26.1. The molecule has 0 unspecified atom stereocenters. The van der Waals surface area contributed by atoms with E-state index in [-0.39, 0.29) is 12.5 Å². The topological polar surface area (TPSA) is 59.8 Å². The molecule has 1 amide bonds. The number of nitrogens with zero attached hydrogens (tertiary/aromatic N) is 1. The number of carbonyl (C=O) groups excluding carboxylic acids is 1. The Labute approximate surface area is 136 Å². The lowest BCUT2D eigenvalue weighted by atomic mass is 10.2. The second-order valence-electron chi connectivity index (χ2n) is 5.07. The van der Waals surface area contributed by atoms with Gasteiger partial charge in [-0.05, 0) is 29.6 Å².